The largest absolute Gasteiger partial charge is 0.301 e. The highest BCUT2D eigenvalue weighted by molar-refractivity contribution is 7.20. The van der Waals surface area contributed by atoms with Crippen molar-refractivity contribution in [1.82, 2.24) is 0 Å². The molecule has 0 aliphatic heterocycles. The second kappa shape index (κ2) is 15.9. The Bertz CT molecular complexity index is 2780. The first-order valence-corrected chi connectivity index (χ1v) is 21.1. The van der Waals surface area contributed by atoms with Crippen molar-refractivity contribution in [2.45, 2.75) is 0 Å². The van der Waals surface area contributed by atoms with Crippen LogP contribution in [-0.2, 0) is 0 Å². The van der Waals surface area contributed by atoms with Gasteiger partial charge in [-0.2, -0.15) is 0 Å². The summed E-state index contributed by atoms with van der Waals surface area (Å²) in [4.78, 5) is 7.23. The highest BCUT2D eigenvalue weighted by Crippen LogP contribution is 2.45. The fourth-order valence-electron chi connectivity index (χ4n) is 7.65. The molecule has 0 bridgehead atoms. The maximum atomic E-state index is 2.38. The molecule has 0 saturated carbocycles. The Balaban J connectivity index is 0.865. The number of hydrogen-bond donors (Lipinski definition) is 0. The number of para-hydroxylation sites is 2. The molecular weight excluding hydrogens is 741 g/mol. The van der Waals surface area contributed by atoms with Crippen molar-refractivity contribution in [3.63, 3.8) is 0 Å². The molecule has 0 radical (unpaired) electrons. The number of fused-ring (bicyclic) bond motifs is 2. The van der Waals surface area contributed by atoms with Gasteiger partial charge in [-0.1, -0.05) is 170 Å². The summed E-state index contributed by atoms with van der Waals surface area (Å²) in [5, 5.41) is 7.30. The molecule has 0 amide bonds. The monoisotopic (exact) mass is 778 g/mol. The van der Waals surface area contributed by atoms with E-state index < -0.39 is 0 Å². The summed E-state index contributed by atoms with van der Waals surface area (Å²) in [5.74, 6) is 0. The van der Waals surface area contributed by atoms with E-state index in [1.807, 2.05) is 22.7 Å². The molecule has 2 heterocycles. The predicted molar refractivity (Wildman–Crippen MR) is 253 cm³/mol. The minimum atomic E-state index is 1.15. The molecule has 0 fully saturated rings. The Morgan fingerprint density at radius 1 is 0.310 bits per heavy atom. The van der Waals surface area contributed by atoms with E-state index in [4.69, 9.17) is 0 Å². The smallest absolute Gasteiger partial charge is 0.101 e. The topological polar surface area (TPSA) is 6.48 Å². The van der Waals surface area contributed by atoms with Gasteiger partial charge < -0.3 is 9.80 Å². The summed E-state index contributed by atoms with van der Waals surface area (Å²) < 4.78 is 0. The van der Waals surface area contributed by atoms with E-state index in [-0.39, 0.29) is 0 Å². The highest BCUT2D eigenvalue weighted by atomic mass is 32.1. The number of nitrogens with zero attached hydrogens (tertiary/aromatic N) is 2. The van der Waals surface area contributed by atoms with E-state index in [2.05, 4.69) is 240 Å². The quantitative estimate of drug-likeness (QED) is 0.128. The van der Waals surface area contributed by atoms with Gasteiger partial charge in [0.05, 0.1) is 11.4 Å². The first-order chi connectivity index (χ1) is 28.7. The zero-order valence-electron chi connectivity index (χ0n) is 31.7. The van der Waals surface area contributed by atoms with Crippen LogP contribution in [0.3, 0.4) is 0 Å². The number of anilines is 6. The van der Waals surface area contributed by atoms with Gasteiger partial charge in [0.15, 0.2) is 0 Å². The summed E-state index contributed by atoms with van der Waals surface area (Å²) in [5.41, 5.74) is 9.42. The van der Waals surface area contributed by atoms with Crippen LogP contribution in [0.4, 0.5) is 32.8 Å². The van der Waals surface area contributed by atoms with Gasteiger partial charge in [0, 0.05) is 31.9 Å². The fraction of sp³-hybridized carbons (Fsp3) is 0. The maximum Gasteiger partial charge on any atom is 0.101 e. The minimum absolute atomic E-state index is 1.15. The molecule has 2 nitrogen and oxygen atoms in total. The van der Waals surface area contributed by atoms with Crippen LogP contribution in [0.25, 0.3) is 54.6 Å². The summed E-state index contributed by atoms with van der Waals surface area (Å²) >= 11 is 3.63. The van der Waals surface area contributed by atoms with E-state index in [9.17, 15) is 0 Å². The van der Waals surface area contributed by atoms with Gasteiger partial charge in [-0.3, -0.25) is 0 Å². The number of hydrogen-bond acceptors (Lipinski definition) is 4. The molecule has 0 aliphatic rings. The SMILES string of the molecule is C(=Cc1ccc(-c2ccc(N(c3ccccc3)c3cccc4ccccc34)s2)cc1)c1ccc(-c2ccc(N(c3ccccc3)c3cccc4ccccc34)s2)cc1. The van der Waals surface area contributed by atoms with Crippen molar-refractivity contribution < 1.29 is 0 Å². The van der Waals surface area contributed by atoms with Gasteiger partial charge in [-0.25, -0.2) is 0 Å². The molecule has 0 aliphatic carbocycles. The Kier molecular flexibility index (Phi) is 9.70. The molecule has 2 aromatic heterocycles. The van der Waals surface area contributed by atoms with E-state index in [1.54, 1.807) is 0 Å². The molecule has 4 heteroatoms. The molecule has 0 spiro atoms. The van der Waals surface area contributed by atoms with Crippen molar-refractivity contribution in [3.05, 3.63) is 230 Å². The first-order valence-electron chi connectivity index (χ1n) is 19.5. The lowest BCUT2D eigenvalue weighted by Gasteiger charge is -2.25. The summed E-state index contributed by atoms with van der Waals surface area (Å²) in [6.07, 6.45) is 4.39. The predicted octanol–water partition coefficient (Wildman–Crippen LogP) is 16.6. The zero-order valence-corrected chi connectivity index (χ0v) is 33.3. The van der Waals surface area contributed by atoms with Gasteiger partial charge in [0.2, 0.25) is 0 Å². The molecule has 0 unspecified atom stereocenters. The molecule has 58 heavy (non-hydrogen) atoms. The van der Waals surface area contributed by atoms with Crippen LogP contribution in [0.2, 0.25) is 0 Å². The third kappa shape index (κ3) is 7.12. The molecule has 8 aromatic carbocycles. The van der Waals surface area contributed by atoms with Crippen molar-refractivity contribution in [2.24, 2.45) is 0 Å². The average molecular weight is 779 g/mol. The second-order valence-electron chi connectivity index (χ2n) is 14.2. The molecule has 0 saturated heterocycles. The van der Waals surface area contributed by atoms with Crippen molar-refractivity contribution in [1.29, 1.82) is 0 Å². The summed E-state index contributed by atoms with van der Waals surface area (Å²) in [6, 6.07) is 78.4. The van der Waals surface area contributed by atoms with Gasteiger partial charge >= 0.3 is 0 Å². The van der Waals surface area contributed by atoms with E-state index in [0.29, 0.717) is 0 Å². The molecule has 10 rings (SSSR count). The second-order valence-corrected chi connectivity index (χ2v) is 16.3. The Hall–Kier alpha value is -6.98. The van der Waals surface area contributed by atoms with E-state index >= 15 is 0 Å². The van der Waals surface area contributed by atoms with Gasteiger partial charge in [0.1, 0.15) is 10.0 Å². The lowest BCUT2D eigenvalue weighted by molar-refractivity contribution is 1.33. The van der Waals surface area contributed by atoms with E-state index in [1.165, 1.54) is 74.9 Å². The van der Waals surface area contributed by atoms with Crippen molar-refractivity contribution >= 4 is 89.1 Å². The number of benzene rings is 8. The third-order valence-electron chi connectivity index (χ3n) is 10.5. The summed E-state index contributed by atoms with van der Waals surface area (Å²) in [7, 11) is 0. The van der Waals surface area contributed by atoms with E-state index in [0.717, 1.165) is 11.4 Å². The molecule has 0 atom stereocenters. The standard InChI is InChI=1S/C54H38N2S2/c1-3-17-45(18-4-1)55(49-23-11-15-41-13-7-9-21-47(41)49)53-37-35-51(57-53)43-31-27-39(28-32-43)25-26-40-29-33-44(34-30-40)52-36-38-54(58-52)56(46-19-5-2-6-20-46)50-24-12-16-42-14-8-10-22-48(42)50/h1-38H. The number of thiophene rings is 2. The summed E-state index contributed by atoms with van der Waals surface area (Å²) in [6.45, 7) is 0. The zero-order chi connectivity index (χ0) is 38.7. The molecule has 10 aromatic rings. The van der Waals surface area contributed by atoms with Crippen LogP contribution in [0, 0.1) is 0 Å². The lowest BCUT2D eigenvalue weighted by Crippen LogP contribution is -2.08. The van der Waals surface area contributed by atoms with Crippen LogP contribution in [-0.4, -0.2) is 0 Å². The first kappa shape index (κ1) is 35.4. The van der Waals surface area contributed by atoms with Crippen LogP contribution in [0.15, 0.2) is 218 Å². The Morgan fingerprint density at radius 3 is 1.12 bits per heavy atom. The van der Waals surface area contributed by atoms with Gasteiger partial charge in [-0.15, -0.1) is 22.7 Å². The van der Waals surface area contributed by atoms with Crippen molar-refractivity contribution in [2.75, 3.05) is 9.80 Å². The minimum Gasteiger partial charge on any atom is -0.301 e. The normalized spacial score (nSPS) is 11.4. The molecular formula is C54H38N2S2. The van der Waals surface area contributed by atoms with Crippen LogP contribution in [0.1, 0.15) is 11.1 Å². The Labute approximate surface area is 347 Å². The van der Waals surface area contributed by atoms with Gasteiger partial charge in [0.25, 0.3) is 0 Å². The number of rotatable bonds is 10. The third-order valence-corrected chi connectivity index (χ3v) is 12.8. The van der Waals surface area contributed by atoms with Crippen LogP contribution < -0.4 is 9.80 Å². The van der Waals surface area contributed by atoms with Crippen LogP contribution >= 0.6 is 22.7 Å². The van der Waals surface area contributed by atoms with Gasteiger partial charge in [-0.05, 0) is 93.7 Å². The van der Waals surface area contributed by atoms with Crippen LogP contribution in [0.5, 0.6) is 0 Å². The highest BCUT2D eigenvalue weighted by Gasteiger charge is 2.19. The maximum absolute atomic E-state index is 2.38. The Morgan fingerprint density at radius 2 is 0.690 bits per heavy atom. The molecule has 276 valence electrons. The lowest BCUT2D eigenvalue weighted by atomic mass is 10.1. The fourth-order valence-corrected chi connectivity index (χ4v) is 9.74. The van der Waals surface area contributed by atoms with Crippen molar-refractivity contribution in [3.8, 4) is 20.9 Å². The average Bonchev–Trinajstić information content (AvgIpc) is 3.99. The molecule has 0 N–H and O–H groups in total.